The molecule has 1 aromatic heterocycles. The van der Waals surface area contributed by atoms with E-state index < -0.39 is 5.91 Å². The number of aryl methyl sites for hydroxylation is 2. The number of carbonyl (C=O) groups is 2. The monoisotopic (exact) mass is 386 g/mol. The van der Waals surface area contributed by atoms with Crippen LogP contribution >= 0.6 is 11.3 Å². The highest BCUT2D eigenvalue weighted by Gasteiger charge is 2.19. The number of carbonyl (C=O) groups excluding carboxylic acids is 2. The van der Waals surface area contributed by atoms with Crippen molar-refractivity contribution in [1.29, 1.82) is 0 Å². The van der Waals surface area contributed by atoms with Crippen LogP contribution in [0.3, 0.4) is 0 Å². The first-order valence-electron chi connectivity index (χ1n) is 9.39. The van der Waals surface area contributed by atoms with Crippen LogP contribution in [0.25, 0.3) is 0 Å². The summed E-state index contributed by atoms with van der Waals surface area (Å²) >= 11 is 1.39. The highest BCUT2D eigenvalue weighted by molar-refractivity contribution is 7.16. The number of hydrogen-bond acceptors (Lipinski definition) is 4. The Morgan fingerprint density at radius 1 is 1.26 bits per heavy atom. The first-order chi connectivity index (χ1) is 12.9. The Bertz CT molecular complexity index is 838. The van der Waals surface area contributed by atoms with E-state index in [0.717, 1.165) is 34.6 Å². The van der Waals surface area contributed by atoms with Gasteiger partial charge in [-0.15, -0.1) is 11.3 Å². The normalized spacial score (nSPS) is 14.3. The number of nitrogens with two attached hydrogens (primary N) is 1. The van der Waals surface area contributed by atoms with Crippen LogP contribution in [0.15, 0.2) is 24.3 Å². The van der Waals surface area contributed by atoms with Crippen molar-refractivity contribution in [3.05, 3.63) is 45.8 Å². The van der Waals surface area contributed by atoms with Crippen LogP contribution in [0, 0.1) is 13.8 Å². The van der Waals surface area contributed by atoms with E-state index in [2.05, 4.69) is 5.32 Å². The number of hydrogen-bond donors (Lipinski definition) is 2. The van der Waals surface area contributed by atoms with E-state index in [9.17, 15) is 9.59 Å². The maximum atomic E-state index is 12.4. The molecule has 1 heterocycles. The maximum absolute atomic E-state index is 12.4. The number of nitrogens with one attached hydrogen (secondary N) is 1. The van der Waals surface area contributed by atoms with Crippen molar-refractivity contribution < 1.29 is 14.3 Å². The summed E-state index contributed by atoms with van der Waals surface area (Å²) in [6.45, 7) is 3.76. The largest absolute Gasteiger partial charge is 0.490 e. The van der Waals surface area contributed by atoms with Gasteiger partial charge in [0.05, 0.1) is 11.7 Å². The van der Waals surface area contributed by atoms with Gasteiger partial charge >= 0.3 is 0 Å². The molecule has 3 rings (SSSR count). The van der Waals surface area contributed by atoms with Gasteiger partial charge in [0, 0.05) is 11.3 Å². The lowest BCUT2D eigenvalue weighted by Crippen LogP contribution is -2.17. The van der Waals surface area contributed by atoms with Gasteiger partial charge in [-0.25, -0.2) is 0 Å². The summed E-state index contributed by atoms with van der Waals surface area (Å²) in [5, 5.41) is 3.39. The summed E-state index contributed by atoms with van der Waals surface area (Å²) in [6, 6.07) is 7.95. The highest BCUT2D eigenvalue weighted by Crippen LogP contribution is 2.32. The zero-order valence-corrected chi connectivity index (χ0v) is 16.7. The van der Waals surface area contributed by atoms with Gasteiger partial charge in [-0.2, -0.15) is 0 Å². The Labute approximate surface area is 163 Å². The summed E-state index contributed by atoms with van der Waals surface area (Å²) in [5.74, 6) is 0.241. The van der Waals surface area contributed by atoms with Crippen LogP contribution in [0.1, 0.15) is 58.5 Å². The van der Waals surface area contributed by atoms with Gasteiger partial charge in [0.25, 0.3) is 5.91 Å². The highest BCUT2D eigenvalue weighted by atomic mass is 32.1. The van der Waals surface area contributed by atoms with Crippen LogP contribution in [-0.2, 0) is 11.2 Å². The van der Waals surface area contributed by atoms with E-state index in [1.54, 1.807) is 0 Å². The summed E-state index contributed by atoms with van der Waals surface area (Å²) in [7, 11) is 0. The molecule has 0 spiro atoms. The molecule has 6 heteroatoms. The smallest absolute Gasteiger partial charge is 0.251 e. The van der Waals surface area contributed by atoms with Gasteiger partial charge in [-0.3, -0.25) is 9.59 Å². The third-order valence-electron chi connectivity index (χ3n) is 5.03. The Morgan fingerprint density at radius 3 is 2.70 bits per heavy atom. The fourth-order valence-corrected chi connectivity index (χ4v) is 4.51. The molecule has 0 aliphatic heterocycles. The molecule has 1 aromatic carbocycles. The van der Waals surface area contributed by atoms with Gasteiger partial charge < -0.3 is 15.8 Å². The first kappa shape index (κ1) is 19.4. The minimum absolute atomic E-state index is 0.124. The summed E-state index contributed by atoms with van der Waals surface area (Å²) in [4.78, 5) is 25.0. The second-order valence-electron chi connectivity index (χ2n) is 7.07. The number of rotatable bonds is 7. The molecule has 1 fully saturated rings. The summed E-state index contributed by atoms with van der Waals surface area (Å²) in [6.07, 6.45) is 5.98. The Hall–Kier alpha value is -2.34. The number of amides is 2. The molecule has 2 aromatic rings. The van der Waals surface area contributed by atoms with Crippen molar-refractivity contribution in [2.75, 3.05) is 5.32 Å². The SMILES string of the molecule is Cc1sc(NC(=O)CCc2cccc(OC3CCCC3)c2)c(C(N)=O)c1C. The molecule has 27 heavy (non-hydrogen) atoms. The minimum atomic E-state index is -0.510. The number of primary amides is 1. The van der Waals surface area contributed by atoms with Gasteiger partial charge in [0.15, 0.2) is 0 Å². The van der Waals surface area contributed by atoms with E-state index in [1.807, 2.05) is 38.1 Å². The molecule has 2 amide bonds. The number of ether oxygens (including phenoxy) is 1. The molecule has 0 unspecified atom stereocenters. The predicted octanol–water partition coefficient (Wildman–Crippen LogP) is 4.36. The lowest BCUT2D eigenvalue weighted by atomic mass is 10.1. The van der Waals surface area contributed by atoms with E-state index in [1.165, 1.54) is 24.2 Å². The molecule has 1 aliphatic rings. The van der Waals surface area contributed by atoms with E-state index in [4.69, 9.17) is 10.5 Å². The third-order valence-corrected chi connectivity index (χ3v) is 6.15. The van der Waals surface area contributed by atoms with Crippen LogP contribution in [0.5, 0.6) is 5.75 Å². The zero-order chi connectivity index (χ0) is 19.4. The van der Waals surface area contributed by atoms with Crippen molar-refractivity contribution >= 4 is 28.2 Å². The Balaban J connectivity index is 1.58. The van der Waals surface area contributed by atoms with Crippen molar-refractivity contribution in [2.24, 2.45) is 5.73 Å². The third kappa shape index (κ3) is 4.89. The average molecular weight is 387 g/mol. The van der Waals surface area contributed by atoms with Gasteiger partial charge in [-0.1, -0.05) is 12.1 Å². The van der Waals surface area contributed by atoms with Crippen molar-refractivity contribution in [3.8, 4) is 5.75 Å². The van der Waals surface area contributed by atoms with E-state index in [0.29, 0.717) is 29.5 Å². The molecule has 0 saturated heterocycles. The van der Waals surface area contributed by atoms with Crippen LogP contribution in [0.4, 0.5) is 5.00 Å². The minimum Gasteiger partial charge on any atom is -0.490 e. The van der Waals surface area contributed by atoms with Gasteiger partial charge in [0.1, 0.15) is 10.8 Å². The molecule has 144 valence electrons. The molecule has 1 saturated carbocycles. The lowest BCUT2D eigenvalue weighted by molar-refractivity contribution is -0.116. The van der Waals surface area contributed by atoms with Crippen LogP contribution in [0.2, 0.25) is 0 Å². The molecular weight excluding hydrogens is 360 g/mol. The van der Waals surface area contributed by atoms with Crippen molar-refractivity contribution in [3.63, 3.8) is 0 Å². The van der Waals surface area contributed by atoms with E-state index >= 15 is 0 Å². The maximum Gasteiger partial charge on any atom is 0.251 e. The lowest BCUT2D eigenvalue weighted by Gasteiger charge is -2.13. The Kier molecular flexibility index (Phi) is 6.16. The number of thiophene rings is 1. The van der Waals surface area contributed by atoms with Gasteiger partial charge in [0.2, 0.25) is 5.91 Å². The number of anilines is 1. The summed E-state index contributed by atoms with van der Waals surface area (Å²) < 4.78 is 6.03. The molecule has 5 nitrogen and oxygen atoms in total. The summed E-state index contributed by atoms with van der Waals surface area (Å²) in [5.41, 5.74) is 7.77. The fraction of sp³-hybridized carbons (Fsp3) is 0.429. The number of benzene rings is 1. The van der Waals surface area contributed by atoms with Crippen molar-refractivity contribution in [2.45, 2.75) is 58.5 Å². The van der Waals surface area contributed by atoms with Gasteiger partial charge in [-0.05, 0) is 69.2 Å². The second kappa shape index (κ2) is 8.57. The topological polar surface area (TPSA) is 81.4 Å². The first-order valence-corrected chi connectivity index (χ1v) is 10.2. The Morgan fingerprint density at radius 2 is 2.00 bits per heavy atom. The molecule has 0 radical (unpaired) electrons. The van der Waals surface area contributed by atoms with Crippen molar-refractivity contribution in [1.82, 2.24) is 0 Å². The van der Waals surface area contributed by atoms with Crippen LogP contribution < -0.4 is 15.8 Å². The zero-order valence-electron chi connectivity index (χ0n) is 15.8. The molecule has 1 aliphatic carbocycles. The molecular formula is C21H26N2O3S. The fourth-order valence-electron chi connectivity index (χ4n) is 3.43. The second-order valence-corrected chi connectivity index (χ2v) is 8.30. The molecule has 3 N–H and O–H groups in total. The van der Waals surface area contributed by atoms with E-state index in [-0.39, 0.29) is 5.91 Å². The standard InChI is InChI=1S/C21H26N2O3S/c1-13-14(2)27-21(19(13)20(22)25)23-18(24)11-10-15-6-5-9-17(12-15)26-16-7-3-4-8-16/h5-6,9,12,16H,3-4,7-8,10-11H2,1-2H3,(H2,22,25)(H,23,24). The molecule has 0 atom stereocenters. The molecule has 0 bridgehead atoms. The quantitative estimate of drug-likeness (QED) is 0.742. The predicted molar refractivity (Wildman–Crippen MR) is 109 cm³/mol. The average Bonchev–Trinajstić information content (AvgIpc) is 3.22. The van der Waals surface area contributed by atoms with Crippen LogP contribution in [-0.4, -0.2) is 17.9 Å².